The summed E-state index contributed by atoms with van der Waals surface area (Å²) in [5.41, 5.74) is 1.10. The van der Waals surface area contributed by atoms with Crippen LogP contribution in [0.1, 0.15) is 18.9 Å². The van der Waals surface area contributed by atoms with E-state index in [9.17, 15) is 5.11 Å². The molecule has 0 aromatic heterocycles. The van der Waals surface area contributed by atoms with E-state index in [4.69, 9.17) is 9.73 Å². The third-order valence-electron chi connectivity index (χ3n) is 4.71. The number of hydrogen-bond donors (Lipinski definition) is 2. The monoisotopic (exact) mass is 460 g/mol. The molecular weight excluding hydrogens is 431 g/mol. The number of guanidine groups is 1. The first kappa shape index (κ1) is 20.3. The molecule has 140 valence electrons. The molecule has 0 bridgehead atoms. The van der Waals surface area contributed by atoms with E-state index in [0.717, 1.165) is 57.5 Å². The Bertz CT molecular complexity index is 547. The summed E-state index contributed by atoms with van der Waals surface area (Å²) in [5, 5.41) is 12.8. The van der Waals surface area contributed by atoms with Crippen molar-refractivity contribution in [2.24, 2.45) is 4.99 Å². The number of nitrogens with one attached hydrogen (secondary N) is 1. The molecule has 2 N–H and O–H groups in total. The van der Waals surface area contributed by atoms with Crippen molar-refractivity contribution in [1.29, 1.82) is 0 Å². The van der Waals surface area contributed by atoms with Crippen LogP contribution < -0.4 is 5.32 Å². The van der Waals surface area contributed by atoms with Gasteiger partial charge in [0.1, 0.15) is 5.75 Å². The van der Waals surface area contributed by atoms with Crippen LogP contribution in [0.2, 0.25) is 0 Å². The quantitative estimate of drug-likeness (QED) is 0.409. The molecule has 7 heteroatoms. The molecule has 25 heavy (non-hydrogen) atoms. The molecular formula is C18H29IN4O2. The summed E-state index contributed by atoms with van der Waals surface area (Å²) < 4.78 is 5.46. The Morgan fingerprint density at radius 3 is 2.64 bits per heavy atom. The number of hydrogen-bond acceptors (Lipinski definition) is 4. The van der Waals surface area contributed by atoms with Gasteiger partial charge in [0, 0.05) is 38.8 Å². The van der Waals surface area contributed by atoms with E-state index in [1.165, 1.54) is 6.42 Å². The highest BCUT2D eigenvalue weighted by atomic mass is 127. The van der Waals surface area contributed by atoms with Gasteiger partial charge in [0.25, 0.3) is 0 Å². The Kier molecular flexibility index (Phi) is 8.25. The van der Waals surface area contributed by atoms with Gasteiger partial charge in [0.05, 0.1) is 19.8 Å². The summed E-state index contributed by atoms with van der Waals surface area (Å²) in [5.74, 6) is 1.28. The van der Waals surface area contributed by atoms with Gasteiger partial charge in [-0.1, -0.05) is 12.1 Å². The highest BCUT2D eigenvalue weighted by molar-refractivity contribution is 14.0. The van der Waals surface area contributed by atoms with E-state index in [1.54, 1.807) is 12.1 Å². The van der Waals surface area contributed by atoms with Crippen LogP contribution in [-0.2, 0) is 11.3 Å². The second-order valence-electron chi connectivity index (χ2n) is 6.37. The van der Waals surface area contributed by atoms with E-state index in [-0.39, 0.29) is 24.0 Å². The number of phenolic OH excluding ortho intramolecular Hbond substituents is 1. The Morgan fingerprint density at radius 1 is 1.24 bits per heavy atom. The maximum atomic E-state index is 9.37. The van der Waals surface area contributed by atoms with Crippen molar-refractivity contribution in [3.8, 4) is 5.75 Å². The number of rotatable bonds is 4. The third-order valence-corrected chi connectivity index (χ3v) is 4.71. The molecule has 1 aromatic carbocycles. The van der Waals surface area contributed by atoms with E-state index >= 15 is 0 Å². The van der Waals surface area contributed by atoms with Crippen LogP contribution in [0.25, 0.3) is 0 Å². The predicted molar refractivity (Wildman–Crippen MR) is 111 cm³/mol. The number of likely N-dealkylation sites (tertiary alicyclic amines) is 1. The molecule has 0 spiro atoms. The summed E-state index contributed by atoms with van der Waals surface area (Å²) in [6, 6.07) is 7.86. The van der Waals surface area contributed by atoms with Crippen LogP contribution in [0.15, 0.2) is 29.3 Å². The standard InChI is InChI=1S/C18H28N4O2.HI/c1-2-19-18(20-13-15-3-5-17(23)6-4-15)22-8-7-16(14-22)21-9-11-24-12-10-21;/h3-6,16,23H,2,7-14H2,1H3,(H,19,20);1H. The van der Waals surface area contributed by atoms with Crippen molar-refractivity contribution >= 4 is 29.9 Å². The molecule has 0 aliphatic carbocycles. The Labute approximate surface area is 167 Å². The highest BCUT2D eigenvalue weighted by Crippen LogP contribution is 2.17. The van der Waals surface area contributed by atoms with Crippen molar-refractivity contribution in [2.45, 2.75) is 25.9 Å². The number of morpholine rings is 1. The molecule has 2 aliphatic rings. The minimum atomic E-state index is 0. The zero-order chi connectivity index (χ0) is 16.8. The summed E-state index contributed by atoms with van der Waals surface area (Å²) >= 11 is 0. The van der Waals surface area contributed by atoms with Gasteiger partial charge in [-0.05, 0) is 31.0 Å². The lowest BCUT2D eigenvalue weighted by Crippen LogP contribution is -2.46. The molecule has 1 atom stereocenters. The van der Waals surface area contributed by atoms with Crippen LogP contribution >= 0.6 is 24.0 Å². The third kappa shape index (κ3) is 5.72. The molecule has 1 unspecified atom stereocenters. The minimum absolute atomic E-state index is 0. The van der Waals surface area contributed by atoms with Gasteiger partial charge in [-0.15, -0.1) is 24.0 Å². The second-order valence-corrected chi connectivity index (χ2v) is 6.37. The van der Waals surface area contributed by atoms with E-state index in [2.05, 4.69) is 22.0 Å². The van der Waals surface area contributed by atoms with Gasteiger partial charge in [-0.25, -0.2) is 4.99 Å². The van der Waals surface area contributed by atoms with Crippen molar-refractivity contribution in [1.82, 2.24) is 15.1 Å². The van der Waals surface area contributed by atoms with Crippen molar-refractivity contribution in [3.63, 3.8) is 0 Å². The van der Waals surface area contributed by atoms with Gasteiger partial charge < -0.3 is 20.1 Å². The maximum Gasteiger partial charge on any atom is 0.194 e. The first-order chi connectivity index (χ1) is 11.8. The number of halogens is 1. The SMILES string of the molecule is CCNC(=NCc1ccc(O)cc1)N1CCC(N2CCOCC2)C1.I. The molecule has 2 saturated heterocycles. The Balaban J connectivity index is 0.00000225. The van der Waals surface area contributed by atoms with Gasteiger partial charge in [0.15, 0.2) is 5.96 Å². The topological polar surface area (TPSA) is 60.3 Å². The molecule has 2 fully saturated rings. The number of ether oxygens (including phenoxy) is 1. The Morgan fingerprint density at radius 2 is 1.96 bits per heavy atom. The fourth-order valence-corrected chi connectivity index (χ4v) is 3.37. The number of phenols is 1. The lowest BCUT2D eigenvalue weighted by molar-refractivity contribution is 0.0195. The van der Waals surface area contributed by atoms with Crippen LogP contribution in [0.5, 0.6) is 5.75 Å². The summed E-state index contributed by atoms with van der Waals surface area (Å²) in [4.78, 5) is 9.70. The van der Waals surface area contributed by atoms with E-state index < -0.39 is 0 Å². The molecule has 3 rings (SSSR count). The molecule has 0 saturated carbocycles. The molecule has 0 amide bonds. The fourth-order valence-electron chi connectivity index (χ4n) is 3.37. The zero-order valence-electron chi connectivity index (χ0n) is 14.9. The first-order valence-electron chi connectivity index (χ1n) is 8.89. The fraction of sp³-hybridized carbons (Fsp3) is 0.611. The summed E-state index contributed by atoms with van der Waals surface area (Å²) in [7, 11) is 0. The molecule has 0 radical (unpaired) electrons. The second kappa shape index (κ2) is 10.2. The van der Waals surface area contributed by atoms with Crippen LogP contribution in [-0.4, -0.2) is 72.8 Å². The van der Waals surface area contributed by atoms with Gasteiger partial charge in [0.2, 0.25) is 0 Å². The lowest BCUT2D eigenvalue weighted by Gasteiger charge is -2.32. The average molecular weight is 460 g/mol. The van der Waals surface area contributed by atoms with Gasteiger partial charge in [-0.2, -0.15) is 0 Å². The minimum Gasteiger partial charge on any atom is -0.508 e. The highest BCUT2D eigenvalue weighted by Gasteiger charge is 2.30. The van der Waals surface area contributed by atoms with E-state index in [1.807, 2.05) is 12.1 Å². The summed E-state index contributed by atoms with van der Waals surface area (Å²) in [6.45, 7) is 9.46. The van der Waals surface area contributed by atoms with Crippen LogP contribution in [0.3, 0.4) is 0 Å². The smallest absolute Gasteiger partial charge is 0.194 e. The van der Waals surface area contributed by atoms with E-state index in [0.29, 0.717) is 18.3 Å². The largest absolute Gasteiger partial charge is 0.508 e. The number of benzene rings is 1. The molecule has 1 aromatic rings. The first-order valence-corrected chi connectivity index (χ1v) is 8.89. The molecule has 2 heterocycles. The predicted octanol–water partition coefficient (Wildman–Crippen LogP) is 1.88. The van der Waals surface area contributed by atoms with Crippen molar-refractivity contribution in [2.75, 3.05) is 45.9 Å². The normalized spacial score (nSPS) is 21.9. The number of aromatic hydroxyl groups is 1. The Hall–Kier alpha value is -1.06. The summed E-state index contributed by atoms with van der Waals surface area (Å²) in [6.07, 6.45) is 1.18. The maximum absolute atomic E-state index is 9.37. The van der Waals surface area contributed by atoms with Gasteiger partial charge >= 0.3 is 0 Å². The van der Waals surface area contributed by atoms with Crippen molar-refractivity contribution < 1.29 is 9.84 Å². The number of aliphatic imine (C=N–C) groups is 1. The van der Waals surface area contributed by atoms with Crippen LogP contribution in [0.4, 0.5) is 0 Å². The molecule has 6 nitrogen and oxygen atoms in total. The van der Waals surface area contributed by atoms with Gasteiger partial charge in [-0.3, -0.25) is 4.90 Å². The zero-order valence-corrected chi connectivity index (χ0v) is 17.2. The average Bonchev–Trinajstić information content (AvgIpc) is 3.11. The van der Waals surface area contributed by atoms with Crippen molar-refractivity contribution in [3.05, 3.63) is 29.8 Å². The van der Waals surface area contributed by atoms with Crippen LogP contribution in [0, 0.1) is 0 Å². The number of nitrogens with zero attached hydrogens (tertiary/aromatic N) is 3. The molecule has 2 aliphatic heterocycles. The lowest BCUT2D eigenvalue weighted by atomic mass is 10.2.